The Bertz CT molecular complexity index is 946. The van der Waals surface area contributed by atoms with Crippen molar-refractivity contribution < 1.29 is 14.3 Å². The molecule has 1 saturated heterocycles. The first-order valence-electron chi connectivity index (χ1n) is 10.2. The third kappa shape index (κ3) is 3.66. The van der Waals surface area contributed by atoms with Crippen molar-refractivity contribution >= 4 is 18.0 Å². The molecule has 1 aromatic heterocycles. The molecule has 4 heterocycles. The van der Waals surface area contributed by atoms with E-state index in [9.17, 15) is 9.59 Å². The Morgan fingerprint density at radius 1 is 1.41 bits per heavy atom. The van der Waals surface area contributed by atoms with E-state index in [1.165, 1.54) is 11.0 Å². The van der Waals surface area contributed by atoms with Gasteiger partial charge in [0.15, 0.2) is 18.3 Å². The Kier molecular flexibility index (Phi) is 5.42. The standard InChI is InChI=1S/C21H27N5O3/c1-3-22-19-11-17(7-9-24(19)13-27)26-14-29-18-10-16(12-23-20(18)26)21(28)25-8-5-4-6-15(25)2/h7,9-11,13,15,23H,3-6,8,12,14H2,1-2H3/t15-/m0/s1. The third-order valence-electron chi connectivity index (χ3n) is 5.64. The molecule has 3 aliphatic heterocycles. The third-order valence-corrected chi connectivity index (χ3v) is 5.64. The van der Waals surface area contributed by atoms with Gasteiger partial charge in [-0.3, -0.25) is 24.0 Å². The summed E-state index contributed by atoms with van der Waals surface area (Å²) in [6.07, 6.45) is 7.61. The van der Waals surface area contributed by atoms with E-state index >= 15 is 0 Å². The molecule has 4 rings (SSSR count). The van der Waals surface area contributed by atoms with Crippen molar-refractivity contribution in [1.29, 1.82) is 0 Å². The van der Waals surface area contributed by atoms with Gasteiger partial charge in [-0.1, -0.05) is 0 Å². The predicted octanol–water partition coefficient (Wildman–Crippen LogP) is 1.34. The number of carbonyl (C=O) groups excluding carboxylic acids is 2. The van der Waals surface area contributed by atoms with Gasteiger partial charge < -0.3 is 15.0 Å². The SMILES string of the molecule is CCN=c1cc(N2COC3=C2NCC(C(=O)N2CCCC[C@@H]2C)=C3)ccn1C=O. The molecule has 0 bridgehead atoms. The fraction of sp³-hybridized carbons (Fsp3) is 0.476. The van der Waals surface area contributed by atoms with Crippen LogP contribution in [-0.2, 0) is 14.3 Å². The average molecular weight is 397 g/mol. The monoisotopic (exact) mass is 397 g/mol. The van der Waals surface area contributed by atoms with Crippen molar-refractivity contribution in [3.8, 4) is 0 Å². The molecule has 0 spiro atoms. The van der Waals surface area contributed by atoms with Gasteiger partial charge in [0.2, 0.25) is 6.41 Å². The summed E-state index contributed by atoms with van der Waals surface area (Å²) in [5.74, 6) is 1.60. The summed E-state index contributed by atoms with van der Waals surface area (Å²) >= 11 is 0. The molecule has 0 aromatic carbocycles. The summed E-state index contributed by atoms with van der Waals surface area (Å²) in [4.78, 5) is 32.5. The lowest BCUT2D eigenvalue weighted by atomic mass is 10.0. The fourth-order valence-electron chi connectivity index (χ4n) is 4.04. The van der Waals surface area contributed by atoms with Gasteiger partial charge in [-0.05, 0) is 45.3 Å². The zero-order valence-electron chi connectivity index (χ0n) is 16.9. The number of nitrogens with zero attached hydrogens (tertiary/aromatic N) is 4. The summed E-state index contributed by atoms with van der Waals surface area (Å²) in [5.41, 5.74) is 2.20. The lowest BCUT2D eigenvalue weighted by Crippen LogP contribution is -2.45. The predicted molar refractivity (Wildman–Crippen MR) is 109 cm³/mol. The highest BCUT2D eigenvalue weighted by Gasteiger charge is 2.32. The van der Waals surface area contributed by atoms with Gasteiger partial charge in [-0.2, -0.15) is 0 Å². The summed E-state index contributed by atoms with van der Waals surface area (Å²) in [5, 5.41) is 3.35. The second-order valence-corrected chi connectivity index (χ2v) is 7.51. The van der Waals surface area contributed by atoms with Crippen molar-refractivity contribution in [3.63, 3.8) is 0 Å². The van der Waals surface area contributed by atoms with Crippen LogP contribution in [0.2, 0.25) is 0 Å². The first-order valence-corrected chi connectivity index (χ1v) is 10.2. The van der Waals surface area contributed by atoms with Gasteiger partial charge in [0.1, 0.15) is 5.49 Å². The van der Waals surface area contributed by atoms with Crippen LogP contribution in [0.4, 0.5) is 5.69 Å². The molecular formula is C21H27N5O3. The number of likely N-dealkylation sites (tertiary alicyclic amines) is 1. The van der Waals surface area contributed by atoms with Crippen LogP contribution in [0.1, 0.15) is 33.1 Å². The van der Waals surface area contributed by atoms with E-state index in [1.807, 2.05) is 34.9 Å². The first-order chi connectivity index (χ1) is 14.1. The molecule has 0 radical (unpaired) electrons. The van der Waals surface area contributed by atoms with Gasteiger partial charge in [0.25, 0.3) is 5.91 Å². The second kappa shape index (κ2) is 8.14. The number of piperidine rings is 1. The maximum Gasteiger partial charge on any atom is 0.251 e. The van der Waals surface area contributed by atoms with Crippen molar-refractivity contribution in [2.45, 2.75) is 39.2 Å². The van der Waals surface area contributed by atoms with Crippen LogP contribution >= 0.6 is 0 Å². The van der Waals surface area contributed by atoms with Gasteiger partial charge in [-0.15, -0.1) is 0 Å². The zero-order valence-corrected chi connectivity index (χ0v) is 16.9. The number of rotatable bonds is 4. The molecule has 1 amide bonds. The van der Waals surface area contributed by atoms with Crippen LogP contribution in [0.25, 0.3) is 0 Å². The topological polar surface area (TPSA) is 79.2 Å². The van der Waals surface area contributed by atoms with Gasteiger partial charge in [0, 0.05) is 43.5 Å². The Hall–Kier alpha value is -3.03. The smallest absolute Gasteiger partial charge is 0.251 e. The highest BCUT2D eigenvalue weighted by atomic mass is 16.5. The van der Waals surface area contributed by atoms with E-state index in [4.69, 9.17) is 4.74 Å². The van der Waals surface area contributed by atoms with Crippen LogP contribution < -0.4 is 15.7 Å². The highest BCUT2D eigenvalue weighted by Crippen LogP contribution is 2.29. The van der Waals surface area contributed by atoms with E-state index in [-0.39, 0.29) is 11.9 Å². The van der Waals surface area contributed by atoms with Gasteiger partial charge in [0.05, 0.1) is 5.69 Å². The van der Waals surface area contributed by atoms with Crippen molar-refractivity contribution in [3.05, 3.63) is 47.0 Å². The Balaban J connectivity index is 1.59. The van der Waals surface area contributed by atoms with Crippen molar-refractivity contribution in [2.75, 3.05) is 31.3 Å². The lowest BCUT2D eigenvalue weighted by molar-refractivity contribution is -0.130. The van der Waals surface area contributed by atoms with E-state index in [0.29, 0.717) is 31.1 Å². The summed E-state index contributed by atoms with van der Waals surface area (Å²) in [7, 11) is 0. The molecule has 0 saturated carbocycles. The maximum absolute atomic E-state index is 13.0. The molecule has 1 atom stereocenters. The molecule has 3 aliphatic rings. The molecule has 1 fully saturated rings. The largest absolute Gasteiger partial charge is 0.469 e. The van der Waals surface area contributed by atoms with Crippen LogP contribution in [0, 0.1) is 0 Å². The summed E-state index contributed by atoms with van der Waals surface area (Å²) in [6, 6.07) is 3.99. The fourth-order valence-corrected chi connectivity index (χ4v) is 4.04. The van der Waals surface area contributed by atoms with Gasteiger partial charge in [-0.25, -0.2) is 0 Å². The van der Waals surface area contributed by atoms with Crippen LogP contribution in [0.5, 0.6) is 0 Å². The molecule has 1 N–H and O–H groups in total. The molecule has 154 valence electrons. The van der Waals surface area contributed by atoms with Crippen LogP contribution in [0.3, 0.4) is 0 Å². The summed E-state index contributed by atoms with van der Waals surface area (Å²) in [6.45, 7) is 6.26. The molecule has 0 aliphatic carbocycles. The minimum atomic E-state index is 0.0917. The van der Waals surface area contributed by atoms with E-state index < -0.39 is 0 Å². The highest BCUT2D eigenvalue weighted by molar-refractivity contribution is 5.95. The number of dihydropyridines is 1. The minimum Gasteiger partial charge on any atom is -0.469 e. The van der Waals surface area contributed by atoms with Crippen molar-refractivity contribution in [1.82, 2.24) is 14.8 Å². The Morgan fingerprint density at radius 2 is 2.28 bits per heavy atom. The number of hydrogen-bond donors (Lipinski definition) is 1. The molecule has 1 aromatic rings. The number of ether oxygens (including phenoxy) is 1. The number of amides is 1. The number of aromatic nitrogens is 1. The van der Waals surface area contributed by atoms with Crippen LogP contribution in [-0.4, -0.2) is 54.2 Å². The number of nitrogens with one attached hydrogen (secondary N) is 1. The Morgan fingerprint density at radius 3 is 3.03 bits per heavy atom. The molecule has 8 nitrogen and oxygen atoms in total. The molecule has 8 heteroatoms. The lowest BCUT2D eigenvalue weighted by Gasteiger charge is -2.34. The second-order valence-electron chi connectivity index (χ2n) is 7.51. The average Bonchev–Trinajstić information content (AvgIpc) is 3.17. The first kappa shape index (κ1) is 19.3. The van der Waals surface area contributed by atoms with E-state index in [2.05, 4.69) is 17.2 Å². The molecular weight excluding hydrogens is 370 g/mol. The van der Waals surface area contributed by atoms with E-state index in [1.54, 1.807) is 6.20 Å². The number of carbonyl (C=O) groups is 2. The zero-order chi connectivity index (χ0) is 20.4. The number of pyridine rings is 1. The quantitative estimate of drug-likeness (QED) is 0.776. The van der Waals surface area contributed by atoms with Crippen molar-refractivity contribution in [2.24, 2.45) is 4.99 Å². The van der Waals surface area contributed by atoms with Crippen LogP contribution in [0.15, 0.2) is 46.6 Å². The molecule has 0 unspecified atom stereocenters. The maximum atomic E-state index is 13.0. The summed E-state index contributed by atoms with van der Waals surface area (Å²) < 4.78 is 7.31. The minimum absolute atomic E-state index is 0.0917. The number of allylic oxidation sites excluding steroid dienone is 1. The Labute approximate surface area is 170 Å². The number of anilines is 1. The number of hydrogen-bond acceptors (Lipinski definition) is 6. The molecule has 29 heavy (non-hydrogen) atoms. The van der Waals surface area contributed by atoms with Gasteiger partial charge >= 0.3 is 0 Å². The van der Waals surface area contributed by atoms with E-state index in [0.717, 1.165) is 42.9 Å². The normalized spacial score (nSPS) is 22.1.